The maximum absolute atomic E-state index is 11.1. The minimum Gasteiger partial charge on any atom is -0.505 e. The van der Waals surface area contributed by atoms with Crippen LogP contribution >= 0.6 is 12.4 Å². The fourth-order valence-corrected chi connectivity index (χ4v) is 2.39. The Morgan fingerprint density at radius 2 is 1.14 bits per heavy atom. The number of halogens is 1. The summed E-state index contributed by atoms with van der Waals surface area (Å²) in [6.07, 6.45) is 4.35. The lowest BCUT2D eigenvalue weighted by atomic mass is 10.3. The highest BCUT2D eigenvalue weighted by molar-refractivity contribution is 5.90. The second kappa shape index (κ2) is 17.9. The summed E-state index contributed by atoms with van der Waals surface area (Å²) in [5, 5.41) is 17.7. The van der Waals surface area contributed by atoms with E-state index < -0.39 is 17.9 Å². The number of aromatic hydroxyl groups is 1. The highest BCUT2D eigenvalue weighted by Gasteiger charge is 2.13. The predicted molar refractivity (Wildman–Crippen MR) is 134 cm³/mol. The minimum absolute atomic E-state index is 0. The molecule has 0 bridgehead atoms. The molecular weight excluding hydrogens is 510 g/mol. The van der Waals surface area contributed by atoms with Crippen LogP contribution in [-0.2, 0) is 9.47 Å². The van der Waals surface area contributed by atoms with Crippen molar-refractivity contribution in [2.75, 3.05) is 27.4 Å². The molecule has 3 aromatic rings. The minimum atomic E-state index is -1.07. The van der Waals surface area contributed by atoms with Gasteiger partial charge in [-0.3, -0.25) is 0 Å². The number of carbonyl (C=O) groups is 3. The third kappa shape index (κ3) is 10.8. The molecule has 0 aromatic carbocycles. The van der Waals surface area contributed by atoms with Crippen molar-refractivity contribution in [2.45, 2.75) is 13.8 Å². The number of aromatic nitrogens is 3. The van der Waals surface area contributed by atoms with Crippen molar-refractivity contribution in [3.8, 4) is 17.2 Å². The predicted octanol–water partition coefficient (Wildman–Crippen LogP) is 3.44. The summed E-state index contributed by atoms with van der Waals surface area (Å²) < 4.78 is 19.1. The zero-order valence-corrected chi connectivity index (χ0v) is 21.4. The fourth-order valence-electron chi connectivity index (χ4n) is 2.39. The van der Waals surface area contributed by atoms with Gasteiger partial charge in [0.15, 0.2) is 28.6 Å². The summed E-state index contributed by atoms with van der Waals surface area (Å²) >= 11 is 0. The molecule has 0 aliphatic heterocycles. The molecular formula is C24H28ClN3O9. The van der Waals surface area contributed by atoms with E-state index in [1.165, 1.54) is 44.9 Å². The van der Waals surface area contributed by atoms with Crippen molar-refractivity contribution in [1.29, 1.82) is 0 Å². The normalized spacial score (nSPS) is 9.08. The summed E-state index contributed by atoms with van der Waals surface area (Å²) in [6.45, 7) is 4.56. The van der Waals surface area contributed by atoms with Gasteiger partial charge < -0.3 is 29.2 Å². The first-order valence-electron chi connectivity index (χ1n) is 10.5. The molecule has 0 aliphatic rings. The maximum atomic E-state index is 11.1. The molecule has 13 heteroatoms. The van der Waals surface area contributed by atoms with Crippen LogP contribution in [0.5, 0.6) is 17.2 Å². The van der Waals surface area contributed by atoms with Crippen LogP contribution in [0, 0.1) is 0 Å². The Morgan fingerprint density at radius 3 is 1.57 bits per heavy atom. The molecule has 2 N–H and O–H groups in total. The summed E-state index contributed by atoms with van der Waals surface area (Å²) in [7, 11) is 2.54. The smallest absolute Gasteiger partial charge is 0.360 e. The molecule has 0 unspecified atom stereocenters. The Morgan fingerprint density at radius 1 is 0.730 bits per heavy atom. The molecule has 0 saturated carbocycles. The van der Waals surface area contributed by atoms with Crippen molar-refractivity contribution in [3.63, 3.8) is 0 Å². The van der Waals surface area contributed by atoms with E-state index in [9.17, 15) is 14.4 Å². The van der Waals surface area contributed by atoms with E-state index >= 15 is 0 Å². The molecule has 0 atom stereocenters. The van der Waals surface area contributed by atoms with Crippen molar-refractivity contribution in [1.82, 2.24) is 15.0 Å². The van der Waals surface area contributed by atoms with Crippen molar-refractivity contribution in [2.24, 2.45) is 0 Å². The Hall–Kier alpha value is -4.45. The summed E-state index contributed by atoms with van der Waals surface area (Å²) in [4.78, 5) is 43.7. The topological polar surface area (TPSA) is 167 Å². The number of nitrogens with zero attached hydrogens (tertiary/aromatic N) is 3. The zero-order valence-electron chi connectivity index (χ0n) is 20.6. The van der Waals surface area contributed by atoms with Crippen LogP contribution in [0.15, 0.2) is 55.0 Å². The standard InChI is InChI=1S/C9H11NO3.C8H9NO3.C7H7NO3.ClH/c1-3-13-7-5-4-6-10-8(7)9(11)12-2;1-2-12-6-4-3-5-9-7(6)8(10)11;1-11-7(10)6-5(9)3-2-4-8-6;/h4-6H,3H2,1-2H3;3-5H,2H2,1H3,(H,10,11);2-4,9H,1H3;1H. The molecule has 0 aliphatic carbocycles. The SMILES string of the molecule is CCOc1cccnc1C(=O)O.CCOc1cccnc1C(=O)OC.COC(=O)c1ncccc1O.Cl. The number of aromatic carboxylic acids is 1. The third-order valence-electron chi connectivity index (χ3n) is 3.89. The highest BCUT2D eigenvalue weighted by atomic mass is 35.5. The molecule has 3 rings (SSSR count). The molecule has 0 spiro atoms. The van der Waals surface area contributed by atoms with Crippen molar-refractivity contribution < 1.29 is 43.5 Å². The van der Waals surface area contributed by atoms with Crippen LogP contribution in [0.1, 0.15) is 45.3 Å². The van der Waals surface area contributed by atoms with E-state index in [1.807, 2.05) is 6.92 Å². The van der Waals surface area contributed by atoms with Gasteiger partial charge in [-0.2, -0.15) is 0 Å². The van der Waals surface area contributed by atoms with E-state index in [2.05, 4.69) is 24.4 Å². The summed E-state index contributed by atoms with van der Waals surface area (Å²) in [5.41, 5.74) is 0.112. The number of methoxy groups -OCH3 is 2. The van der Waals surface area contributed by atoms with Gasteiger partial charge in [0.1, 0.15) is 5.75 Å². The first-order chi connectivity index (χ1) is 17.3. The van der Waals surface area contributed by atoms with Gasteiger partial charge >= 0.3 is 17.9 Å². The average molecular weight is 538 g/mol. The molecule has 37 heavy (non-hydrogen) atoms. The molecule has 0 amide bonds. The van der Waals surface area contributed by atoms with Gasteiger partial charge in [0, 0.05) is 18.6 Å². The van der Waals surface area contributed by atoms with Crippen LogP contribution in [0.3, 0.4) is 0 Å². The molecule has 0 radical (unpaired) electrons. The number of rotatable bonds is 7. The van der Waals surface area contributed by atoms with E-state index in [1.54, 1.807) is 31.2 Å². The zero-order chi connectivity index (χ0) is 26.9. The summed E-state index contributed by atoms with van der Waals surface area (Å²) in [5.74, 6) is -1.59. The second-order valence-electron chi connectivity index (χ2n) is 6.23. The third-order valence-corrected chi connectivity index (χ3v) is 3.89. The average Bonchev–Trinajstić information content (AvgIpc) is 2.90. The van der Waals surface area contributed by atoms with Gasteiger partial charge in [-0.1, -0.05) is 0 Å². The molecule has 3 heterocycles. The number of hydrogen-bond donors (Lipinski definition) is 2. The van der Waals surface area contributed by atoms with Crippen molar-refractivity contribution >= 4 is 30.3 Å². The summed E-state index contributed by atoms with van der Waals surface area (Å²) in [6, 6.07) is 9.51. The number of carboxylic acid groups (broad SMARTS) is 1. The number of carbonyl (C=O) groups excluding carboxylic acids is 2. The van der Waals surface area contributed by atoms with Crippen LogP contribution < -0.4 is 9.47 Å². The number of pyridine rings is 3. The van der Waals surface area contributed by atoms with Gasteiger partial charge in [-0.05, 0) is 50.2 Å². The van der Waals surface area contributed by atoms with Gasteiger partial charge in [-0.15, -0.1) is 12.4 Å². The van der Waals surface area contributed by atoms with Crippen LogP contribution in [0.2, 0.25) is 0 Å². The number of hydrogen-bond acceptors (Lipinski definition) is 11. The lowest BCUT2D eigenvalue weighted by Crippen LogP contribution is -2.07. The van der Waals surface area contributed by atoms with E-state index in [0.29, 0.717) is 24.7 Å². The van der Waals surface area contributed by atoms with E-state index in [-0.39, 0.29) is 35.2 Å². The van der Waals surface area contributed by atoms with Crippen LogP contribution in [0.4, 0.5) is 0 Å². The Bertz CT molecular complexity index is 1150. The number of ether oxygens (including phenoxy) is 4. The lowest BCUT2D eigenvalue weighted by Gasteiger charge is -2.06. The Kier molecular flexibility index (Phi) is 15.8. The highest BCUT2D eigenvalue weighted by Crippen LogP contribution is 2.16. The number of esters is 2. The molecule has 3 aromatic heterocycles. The monoisotopic (exact) mass is 537 g/mol. The molecule has 0 fully saturated rings. The fraction of sp³-hybridized carbons (Fsp3) is 0.250. The molecule has 200 valence electrons. The first-order valence-corrected chi connectivity index (χ1v) is 10.5. The Balaban J connectivity index is 0.000000520. The number of carboxylic acids is 1. The quantitative estimate of drug-likeness (QED) is 0.422. The van der Waals surface area contributed by atoms with E-state index in [4.69, 9.17) is 19.7 Å². The van der Waals surface area contributed by atoms with Gasteiger partial charge in [0.05, 0.1) is 27.4 Å². The largest absolute Gasteiger partial charge is 0.505 e. The van der Waals surface area contributed by atoms with Crippen molar-refractivity contribution in [3.05, 3.63) is 72.1 Å². The van der Waals surface area contributed by atoms with Crippen LogP contribution in [0.25, 0.3) is 0 Å². The van der Waals surface area contributed by atoms with Gasteiger partial charge in [0.25, 0.3) is 0 Å². The molecule has 0 saturated heterocycles. The Labute approximate surface area is 219 Å². The maximum Gasteiger partial charge on any atom is 0.360 e. The first kappa shape index (κ1) is 32.5. The molecule has 12 nitrogen and oxygen atoms in total. The second-order valence-corrected chi connectivity index (χ2v) is 6.23. The lowest BCUT2D eigenvalue weighted by molar-refractivity contribution is 0.0580. The van der Waals surface area contributed by atoms with Gasteiger partial charge in [0.2, 0.25) is 0 Å². The van der Waals surface area contributed by atoms with Crippen LogP contribution in [-0.4, -0.2) is 70.5 Å². The van der Waals surface area contributed by atoms with E-state index in [0.717, 1.165) is 0 Å². The van der Waals surface area contributed by atoms with Gasteiger partial charge in [-0.25, -0.2) is 29.3 Å².